The molecular formula is C31H23FO9. The third-order valence-corrected chi connectivity index (χ3v) is 6.49. The van der Waals surface area contributed by atoms with Crippen LogP contribution in [0, 0.1) is 5.82 Å². The number of halogens is 1. The first-order chi connectivity index (χ1) is 19.8. The molecule has 0 radical (unpaired) electrons. The van der Waals surface area contributed by atoms with E-state index in [1.165, 1.54) is 30.3 Å². The minimum Gasteiger partial charge on any atom is -0.494 e. The molecule has 208 valence electrons. The van der Waals surface area contributed by atoms with Crippen molar-refractivity contribution in [2.45, 2.75) is 25.7 Å². The van der Waals surface area contributed by atoms with E-state index in [1.54, 1.807) is 18.2 Å². The summed E-state index contributed by atoms with van der Waals surface area (Å²) in [7, 11) is 0. The lowest BCUT2D eigenvalue weighted by atomic mass is 10.1. The monoisotopic (exact) mass is 558 g/mol. The van der Waals surface area contributed by atoms with Crippen molar-refractivity contribution in [1.82, 2.24) is 0 Å². The molecule has 0 saturated carbocycles. The van der Waals surface area contributed by atoms with Crippen LogP contribution in [-0.2, 0) is 0 Å². The Morgan fingerprint density at radius 2 is 1.27 bits per heavy atom. The molecular weight excluding hydrogens is 535 g/mol. The first-order valence-electron chi connectivity index (χ1n) is 12.9. The molecule has 5 rings (SSSR count). The number of unbranched alkanes of at least 4 members (excludes halogenated alkanes) is 3. The number of hydrogen-bond acceptors (Lipinski definition) is 9. The topological polar surface area (TPSA) is 130 Å². The zero-order chi connectivity index (χ0) is 28.9. The number of carbonyl (C=O) groups excluding carboxylic acids is 1. The predicted octanol–water partition coefficient (Wildman–Crippen LogP) is 4.55. The molecule has 2 aromatic heterocycles. The maximum atomic E-state index is 13.0. The maximum Gasteiger partial charge on any atom is 0.350 e. The summed E-state index contributed by atoms with van der Waals surface area (Å²) in [5.41, 5.74) is -2.47. The lowest BCUT2D eigenvalue weighted by Gasteiger charge is -2.08. The van der Waals surface area contributed by atoms with Crippen molar-refractivity contribution in [1.29, 1.82) is 0 Å². The molecule has 0 aliphatic rings. The highest BCUT2D eigenvalue weighted by atomic mass is 19.1. The van der Waals surface area contributed by atoms with E-state index in [9.17, 15) is 28.4 Å². The molecule has 0 bridgehead atoms. The van der Waals surface area contributed by atoms with E-state index in [2.05, 4.69) is 8.83 Å². The Kier molecular flexibility index (Phi) is 8.00. The second kappa shape index (κ2) is 12.0. The number of furan rings is 2. The largest absolute Gasteiger partial charge is 0.494 e. The van der Waals surface area contributed by atoms with Gasteiger partial charge < -0.3 is 18.3 Å². The predicted molar refractivity (Wildman–Crippen MR) is 149 cm³/mol. The van der Waals surface area contributed by atoms with Gasteiger partial charge in [-0.1, -0.05) is 18.2 Å². The van der Waals surface area contributed by atoms with Crippen molar-refractivity contribution in [2.75, 3.05) is 13.2 Å². The van der Waals surface area contributed by atoms with Gasteiger partial charge in [0.15, 0.2) is 5.78 Å². The Morgan fingerprint density at radius 3 is 1.85 bits per heavy atom. The van der Waals surface area contributed by atoms with Gasteiger partial charge in [0.05, 0.1) is 24.0 Å². The first-order valence-corrected chi connectivity index (χ1v) is 12.9. The van der Waals surface area contributed by atoms with Crippen LogP contribution in [0.4, 0.5) is 4.39 Å². The van der Waals surface area contributed by atoms with E-state index in [-0.39, 0.29) is 39.7 Å². The van der Waals surface area contributed by atoms with Crippen LogP contribution >= 0.6 is 0 Å². The molecule has 10 heteroatoms. The zero-order valence-corrected chi connectivity index (χ0v) is 21.6. The van der Waals surface area contributed by atoms with Gasteiger partial charge in [-0.15, -0.1) is 0 Å². The van der Waals surface area contributed by atoms with Crippen molar-refractivity contribution in [3.8, 4) is 11.5 Å². The van der Waals surface area contributed by atoms with Crippen LogP contribution in [0.25, 0.3) is 27.6 Å². The fraction of sp³-hybridized carbons (Fsp3) is 0.194. The molecule has 3 aromatic carbocycles. The molecule has 5 aromatic rings. The molecule has 2 heterocycles. The van der Waals surface area contributed by atoms with Gasteiger partial charge in [0, 0.05) is 5.56 Å². The number of carbonyl (C=O) groups is 1. The number of allylic oxidation sites excluding steroid dienone is 1. The van der Waals surface area contributed by atoms with Crippen LogP contribution in [0.5, 0.6) is 11.5 Å². The molecule has 0 amide bonds. The molecule has 0 N–H and O–H groups in total. The minimum absolute atomic E-state index is 0.130. The summed E-state index contributed by atoms with van der Waals surface area (Å²) in [5, 5.41) is -0.602. The maximum absolute atomic E-state index is 13.0. The Labute approximate surface area is 230 Å². The van der Waals surface area contributed by atoms with E-state index in [4.69, 9.17) is 9.47 Å². The third-order valence-electron chi connectivity index (χ3n) is 6.49. The van der Waals surface area contributed by atoms with Gasteiger partial charge in [-0.3, -0.25) is 4.79 Å². The van der Waals surface area contributed by atoms with Crippen LogP contribution in [0.15, 0.2) is 88.7 Å². The van der Waals surface area contributed by atoms with Crippen LogP contribution in [0.3, 0.4) is 0 Å². The van der Waals surface area contributed by atoms with Gasteiger partial charge in [-0.2, -0.15) is 0 Å². The highest BCUT2D eigenvalue weighted by molar-refractivity contribution is 6.06. The summed E-state index contributed by atoms with van der Waals surface area (Å²) in [6.07, 6.45) is 6.05. The second-order valence-corrected chi connectivity index (χ2v) is 9.29. The summed E-state index contributed by atoms with van der Waals surface area (Å²) in [6, 6.07) is 13.7. The normalized spacial score (nSPS) is 11.5. The number of ketones is 1. The van der Waals surface area contributed by atoms with E-state index >= 15 is 0 Å². The number of fused-ring (bicyclic) bond motifs is 2. The number of ether oxygens (including phenoxy) is 2. The Morgan fingerprint density at radius 1 is 0.707 bits per heavy atom. The number of hydrogen-bond donors (Lipinski definition) is 0. The fourth-order valence-corrected chi connectivity index (χ4v) is 4.39. The van der Waals surface area contributed by atoms with Gasteiger partial charge in [-0.25, -0.2) is 23.6 Å². The summed E-state index contributed by atoms with van der Waals surface area (Å²) in [5.74, 6) is -0.0924. The zero-order valence-electron chi connectivity index (χ0n) is 21.6. The minimum atomic E-state index is -0.936. The summed E-state index contributed by atoms with van der Waals surface area (Å²) < 4.78 is 33.7. The summed E-state index contributed by atoms with van der Waals surface area (Å²) >= 11 is 0. The smallest absolute Gasteiger partial charge is 0.350 e. The van der Waals surface area contributed by atoms with Gasteiger partial charge in [0.2, 0.25) is 0 Å². The molecule has 0 unspecified atom stereocenters. The summed E-state index contributed by atoms with van der Waals surface area (Å²) in [4.78, 5) is 60.4. The molecule has 0 spiro atoms. The number of rotatable bonds is 12. The van der Waals surface area contributed by atoms with Crippen LogP contribution in [0.1, 0.15) is 41.6 Å². The average Bonchev–Trinajstić information content (AvgIpc) is 3.42. The van der Waals surface area contributed by atoms with Gasteiger partial charge in [0.1, 0.15) is 28.1 Å². The molecule has 0 atom stereocenters. The van der Waals surface area contributed by atoms with Crippen molar-refractivity contribution < 1.29 is 27.5 Å². The van der Waals surface area contributed by atoms with E-state index in [0.29, 0.717) is 24.3 Å². The Bertz CT molecular complexity index is 1860. The number of benzene rings is 3. The van der Waals surface area contributed by atoms with Gasteiger partial charge in [0.25, 0.3) is 0 Å². The van der Waals surface area contributed by atoms with Crippen molar-refractivity contribution in [3.63, 3.8) is 0 Å². The Hall–Kier alpha value is -5.12. The van der Waals surface area contributed by atoms with Gasteiger partial charge in [-0.05, 0) is 79.8 Å². The lowest BCUT2D eigenvalue weighted by molar-refractivity contribution is 0.104. The highest BCUT2D eigenvalue weighted by Crippen LogP contribution is 2.29. The lowest BCUT2D eigenvalue weighted by Crippen LogP contribution is -2.05. The SMILES string of the molecule is O=C(C=Cc1ccc(OCCCCCCOc2c3c(=O)oc(=O)c3cc3c(=O)oc(=O)c23)cc1)c1ccc(F)cc1. The van der Waals surface area contributed by atoms with Crippen LogP contribution in [-0.4, -0.2) is 19.0 Å². The molecule has 0 fully saturated rings. The summed E-state index contributed by atoms with van der Waals surface area (Å²) in [6.45, 7) is 0.631. The van der Waals surface area contributed by atoms with Crippen molar-refractivity contribution >= 4 is 33.4 Å². The van der Waals surface area contributed by atoms with Crippen LogP contribution in [0.2, 0.25) is 0 Å². The van der Waals surface area contributed by atoms with Crippen molar-refractivity contribution in [3.05, 3.63) is 119 Å². The molecule has 0 aliphatic heterocycles. The van der Waals surface area contributed by atoms with E-state index in [0.717, 1.165) is 30.9 Å². The van der Waals surface area contributed by atoms with E-state index < -0.39 is 28.3 Å². The third kappa shape index (κ3) is 6.06. The molecule has 0 saturated heterocycles. The standard InChI is InChI=1S/C31H23FO9/c32-20-10-8-19(9-11-20)24(33)14-7-18-5-12-21(13-6-18)38-15-3-1-2-4-16-39-27-25-22(28(34)40-30(25)36)17-23-26(27)31(37)41-29(23)35/h5-14,17H,1-4,15-16H2. The highest BCUT2D eigenvalue weighted by Gasteiger charge is 2.23. The van der Waals surface area contributed by atoms with Gasteiger partial charge >= 0.3 is 22.5 Å². The molecule has 41 heavy (non-hydrogen) atoms. The van der Waals surface area contributed by atoms with E-state index in [1.807, 2.05) is 12.1 Å². The Balaban J connectivity index is 1.06. The van der Waals surface area contributed by atoms with Crippen LogP contribution < -0.4 is 32.0 Å². The molecule has 9 nitrogen and oxygen atoms in total. The quantitative estimate of drug-likeness (QED) is 0.123. The molecule has 0 aliphatic carbocycles. The fourth-order valence-electron chi connectivity index (χ4n) is 4.39. The van der Waals surface area contributed by atoms with Crippen molar-refractivity contribution in [2.24, 2.45) is 0 Å². The average molecular weight is 559 g/mol. The second-order valence-electron chi connectivity index (χ2n) is 9.29. The first kappa shape index (κ1) is 27.4.